The molecule has 1 aliphatic rings. The van der Waals surface area contributed by atoms with E-state index in [9.17, 15) is 13.2 Å². The molecule has 0 radical (unpaired) electrons. The summed E-state index contributed by atoms with van der Waals surface area (Å²) in [6, 6.07) is 14.4. The molecule has 30 heavy (non-hydrogen) atoms. The Morgan fingerprint density at radius 3 is 2.63 bits per heavy atom. The normalized spacial score (nSPS) is 16.1. The maximum atomic E-state index is 13.3. The van der Waals surface area contributed by atoms with Crippen molar-refractivity contribution in [2.24, 2.45) is 0 Å². The first-order valence-corrected chi connectivity index (χ1v) is 12.3. The number of ketones is 1. The summed E-state index contributed by atoms with van der Waals surface area (Å²) >= 11 is 1.20. The summed E-state index contributed by atoms with van der Waals surface area (Å²) in [6.45, 7) is 1.78. The summed E-state index contributed by atoms with van der Waals surface area (Å²) in [4.78, 5) is 18.5. The van der Waals surface area contributed by atoms with Crippen molar-refractivity contribution < 1.29 is 17.9 Å². The lowest BCUT2D eigenvalue weighted by Crippen LogP contribution is -2.18. The number of benzene rings is 2. The maximum Gasteiger partial charge on any atom is 0.184 e. The number of sulfone groups is 1. The van der Waals surface area contributed by atoms with Crippen LogP contribution in [0.25, 0.3) is 0 Å². The number of rotatable bonds is 6. The molecule has 0 N–H and O–H groups in total. The van der Waals surface area contributed by atoms with Gasteiger partial charge < -0.3 is 4.74 Å². The molecule has 0 fully saturated rings. The Morgan fingerprint density at radius 2 is 1.90 bits per heavy atom. The van der Waals surface area contributed by atoms with Crippen LogP contribution in [0.4, 0.5) is 0 Å². The summed E-state index contributed by atoms with van der Waals surface area (Å²) in [7, 11) is -2.03. The molecule has 0 amide bonds. The molecule has 1 aliphatic carbocycles. The number of Topliss-reactive ketones (excluding diaryl/α,β-unsaturated/α-hetero) is 1. The number of thiazole rings is 1. The first-order valence-electron chi connectivity index (χ1n) is 9.84. The Labute approximate surface area is 180 Å². The van der Waals surface area contributed by atoms with Crippen LogP contribution in [-0.2, 0) is 22.0 Å². The van der Waals surface area contributed by atoms with Crippen LogP contribution in [0.3, 0.4) is 0 Å². The number of aryl methyl sites for hydroxylation is 2. The number of ether oxygens (including phenoxy) is 1. The van der Waals surface area contributed by atoms with Crippen molar-refractivity contribution in [2.45, 2.75) is 42.8 Å². The van der Waals surface area contributed by atoms with Gasteiger partial charge in [0.05, 0.1) is 22.6 Å². The van der Waals surface area contributed by atoms with E-state index in [1.54, 1.807) is 19.1 Å². The predicted octanol–water partition coefficient (Wildman–Crippen LogP) is 4.74. The van der Waals surface area contributed by atoms with E-state index in [0.717, 1.165) is 24.8 Å². The number of carbonyl (C=O) groups is 1. The Bertz CT molecular complexity index is 1180. The molecule has 3 aromatic rings. The van der Waals surface area contributed by atoms with Crippen molar-refractivity contribution in [3.05, 3.63) is 75.2 Å². The van der Waals surface area contributed by atoms with Crippen LogP contribution in [0.5, 0.6) is 5.75 Å². The summed E-state index contributed by atoms with van der Waals surface area (Å²) in [5.74, 6) is 0.240. The molecule has 0 bridgehead atoms. The minimum absolute atomic E-state index is 0.0465. The molecule has 2 aromatic carbocycles. The summed E-state index contributed by atoms with van der Waals surface area (Å²) < 4.78 is 30.7. The summed E-state index contributed by atoms with van der Waals surface area (Å²) in [5, 5.41) is 0.441. The molecule has 1 unspecified atom stereocenters. The number of fused-ring (bicyclic) bond motifs is 1. The van der Waals surface area contributed by atoms with Crippen LogP contribution in [0, 0.1) is 6.92 Å². The lowest BCUT2D eigenvalue weighted by molar-refractivity contribution is 0.0954. The number of hydrogen-bond donors (Lipinski definition) is 0. The number of aromatic nitrogens is 1. The SMILES string of the molecule is COc1ccc(S(=O)(=O)Cc2nc(C)c(C(=O)C3CCCc4ccccc43)s2)cc1. The molecule has 0 saturated carbocycles. The fourth-order valence-electron chi connectivity index (χ4n) is 3.96. The van der Waals surface area contributed by atoms with Gasteiger partial charge in [0.2, 0.25) is 0 Å². The molecule has 7 heteroatoms. The zero-order valence-electron chi connectivity index (χ0n) is 16.9. The largest absolute Gasteiger partial charge is 0.497 e. The van der Waals surface area contributed by atoms with E-state index in [1.807, 2.05) is 18.2 Å². The zero-order valence-corrected chi connectivity index (χ0v) is 18.6. The third-order valence-corrected chi connectivity index (χ3v) is 8.48. The minimum Gasteiger partial charge on any atom is -0.497 e. The highest BCUT2D eigenvalue weighted by atomic mass is 32.2. The Morgan fingerprint density at radius 1 is 1.17 bits per heavy atom. The lowest BCUT2D eigenvalue weighted by atomic mass is 9.80. The highest BCUT2D eigenvalue weighted by Gasteiger charge is 2.30. The van der Waals surface area contributed by atoms with E-state index in [-0.39, 0.29) is 22.3 Å². The average molecular weight is 442 g/mol. The third kappa shape index (κ3) is 4.04. The van der Waals surface area contributed by atoms with Gasteiger partial charge in [-0.15, -0.1) is 11.3 Å². The van der Waals surface area contributed by atoms with E-state index < -0.39 is 9.84 Å². The van der Waals surface area contributed by atoms with Crippen LogP contribution >= 0.6 is 11.3 Å². The molecule has 4 rings (SSSR count). The molecular weight excluding hydrogens is 418 g/mol. The molecule has 1 atom stereocenters. The van der Waals surface area contributed by atoms with Crippen molar-refractivity contribution in [3.8, 4) is 5.75 Å². The van der Waals surface area contributed by atoms with E-state index in [4.69, 9.17) is 4.74 Å². The standard InChI is InChI=1S/C23H23NO4S2/c1-15-23(22(25)20-9-5-7-16-6-3-4-8-19(16)20)29-21(24-15)14-30(26,27)18-12-10-17(28-2)11-13-18/h3-4,6,8,10-13,20H,5,7,9,14H2,1-2H3. The Kier molecular flexibility index (Phi) is 5.75. The van der Waals surface area contributed by atoms with E-state index >= 15 is 0 Å². The second-order valence-electron chi connectivity index (χ2n) is 7.46. The molecule has 5 nitrogen and oxygen atoms in total. The number of nitrogens with zero attached hydrogens (tertiary/aromatic N) is 1. The molecule has 1 aromatic heterocycles. The van der Waals surface area contributed by atoms with Crippen molar-refractivity contribution in [1.29, 1.82) is 0 Å². The maximum absolute atomic E-state index is 13.3. The first kappa shape index (κ1) is 20.8. The second-order valence-corrected chi connectivity index (χ2v) is 10.5. The monoisotopic (exact) mass is 441 g/mol. The van der Waals surface area contributed by atoms with Crippen molar-refractivity contribution in [1.82, 2.24) is 4.98 Å². The molecule has 0 aliphatic heterocycles. The highest BCUT2D eigenvalue weighted by molar-refractivity contribution is 7.90. The van der Waals surface area contributed by atoms with Gasteiger partial charge in [-0.1, -0.05) is 24.3 Å². The predicted molar refractivity (Wildman–Crippen MR) is 117 cm³/mol. The van der Waals surface area contributed by atoms with E-state index in [0.29, 0.717) is 21.3 Å². The minimum atomic E-state index is -3.56. The van der Waals surface area contributed by atoms with Crippen molar-refractivity contribution in [3.63, 3.8) is 0 Å². The smallest absolute Gasteiger partial charge is 0.184 e. The van der Waals surface area contributed by atoms with Gasteiger partial charge in [-0.3, -0.25) is 4.79 Å². The summed E-state index contributed by atoms with van der Waals surface area (Å²) in [5.41, 5.74) is 2.92. The zero-order chi connectivity index (χ0) is 21.3. The van der Waals surface area contributed by atoms with Gasteiger partial charge >= 0.3 is 0 Å². The van der Waals surface area contributed by atoms with Crippen LogP contribution < -0.4 is 4.74 Å². The van der Waals surface area contributed by atoms with Crippen LogP contribution in [0.1, 0.15) is 50.3 Å². The van der Waals surface area contributed by atoms with Crippen molar-refractivity contribution >= 4 is 27.0 Å². The Balaban J connectivity index is 1.58. The molecule has 1 heterocycles. The van der Waals surface area contributed by atoms with Gasteiger partial charge in [0, 0.05) is 5.92 Å². The Hall–Kier alpha value is -2.51. The van der Waals surface area contributed by atoms with Gasteiger partial charge in [-0.05, 0) is 61.6 Å². The quantitative estimate of drug-likeness (QED) is 0.517. The lowest BCUT2D eigenvalue weighted by Gasteiger charge is -2.24. The van der Waals surface area contributed by atoms with E-state index in [1.165, 1.54) is 36.1 Å². The van der Waals surface area contributed by atoms with Gasteiger partial charge in [0.1, 0.15) is 16.5 Å². The van der Waals surface area contributed by atoms with Gasteiger partial charge in [0.25, 0.3) is 0 Å². The van der Waals surface area contributed by atoms with E-state index in [2.05, 4.69) is 11.1 Å². The fraction of sp³-hybridized carbons (Fsp3) is 0.304. The molecule has 0 saturated heterocycles. The number of methoxy groups -OCH3 is 1. The first-order chi connectivity index (χ1) is 14.4. The average Bonchev–Trinajstić information content (AvgIpc) is 3.12. The molecular formula is C23H23NO4S2. The fourth-order valence-corrected chi connectivity index (χ4v) is 6.62. The van der Waals surface area contributed by atoms with Crippen molar-refractivity contribution in [2.75, 3.05) is 7.11 Å². The van der Waals surface area contributed by atoms with Crippen LogP contribution in [0.15, 0.2) is 53.4 Å². The second kappa shape index (κ2) is 8.32. The topological polar surface area (TPSA) is 73.3 Å². The molecule has 156 valence electrons. The third-order valence-electron chi connectivity index (χ3n) is 5.48. The van der Waals surface area contributed by atoms with Crippen LogP contribution in [-0.4, -0.2) is 26.3 Å². The van der Waals surface area contributed by atoms with Gasteiger partial charge in [0.15, 0.2) is 15.6 Å². The van der Waals surface area contributed by atoms with Crippen LogP contribution in [0.2, 0.25) is 0 Å². The van der Waals surface area contributed by atoms with Gasteiger partial charge in [-0.25, -0.2) is 13.4 Å². The number of hydrogen-bond acceptors (Lipinski definition) is 6. The molecule has 0 spiro atoms. The number of carbonyl (C=O) groups excluding carboxylic acids is 1. The highest BCUT2D eigenvalue weighted by Crippen LogP contribution is 2.36. The summed E-state index contributed by atoms with van der Waals surface area (Å²) in [6.07, 6.45) is 2.78. The van der Waals surface area contributed by atoms with Gasteiger partial charge in [-0.2, -0.15) is 0 Å².